The topological polar surface area (TPSA) is 30.5 Å². The lowest BCUT2D eigenvalue weighted by molar-refractivity contribution is -0.119. The molecule has 18 heavy (non-hydrogen) atoms. The van der Waals surface area contributed by atoms with Crippen molar-refractivity contribution in [3.8, 4) is 0 Å². The van der Waals surface area contributed by atoms with Gasteiger partial charge in [-0.3, -0.25) is 0 Å². The second-order valence-electron chi connectivity index (χ2n) is 5.03. The summed E-state index contributed by atoms with van der Waals surface area (Å²) in [7, 11) is 3.33. The molecule has 0 bridgehead atoms. The van der Waals surface area contributed by atoms with Crippen molar-refractivity contribution in [3.05, 3.63) is 35.4 Å². The predicted octanol–water partition coefficient (Wildman–Crippen LogP) is 2.66. The van der Waals surface area contributed by atoms with E-state index in [-0.39, 0.29) is 12.3 Å². The average Bonchev–Trinajstić information content (AvgIpc) is 3.23. The third-order valence-corrected chi connectivity index (χ3v) is 3.53. The highest BCUT2D eigenvalue weighted by atomic mass is 16.7. The van der Waals surface area contributed by atoms with Gasteiger partial charge in [-0.1, -0.05) is 24.3 Å². The molecule has 1 aromatic rings. The van der Waals surface area contributed by atoms with Crippen molar-refractivity contribution in [2.45, 2.75) is 44.6 Å². The van der Waals surface area contributed by atoms with Gasteiger partial charge in [-0.15, -0.1) is 0 Å². The number of methoxy groups -OCH3 is 2. The minimum absolute atomic E-state index is 0.170. The smallest absolute Gasteiger partial charge is 0.171 e. The van der Waals surface area contributed by atoms with Crippen molar-refractivity contribution < 1.29 is 9.47 Å². The van der Waals surface area contributed by atoms with Crippen molar-refractivity contribution in [2.75, 3.05) is 14.2 Å². The fourth-order valence-electron chi connectivity index (χ4n) is 2.20. The first-order valence-corrected chi connectivity index (χ1v) is 6.62. The van der Waals surface area contributed by atoms with E-state index in [1.54, 1.807) is 14.2 Å². The molecule has 3 heteroatoms. The van der Waals surface area contributed by atoms with Crippen LogP contribution in [0.15, 0.2) is 24.3 Å². The first-order valence-electron chi connectivity index (χ1n) is 6.62. The van der Waals surface area contributed by atoms with E-state index in [4.69, 9.17) is 9.47 Å². The van der Waals surface area contributed by atoms with E-state index in [9.17, 15) is 0 Å². The zero-order valence-corrected chi connectivity index (χ0v) is 11.5. The summed E-state index contributed by atoms with van der Waals surface area (Å²) in [6, 6.07) is 9.10. The number of nitrogens with one attached hydrogen (secondary N) is 1. The van der Waals surface area contributed by atoms with E-state index < -0.39 is 0 Å². The zero-order chi connectivity index (χ0) is 13.0. The molecular weight excluding hydrogens is 226 g/mol. The minimum Gasteiger partial charge on any atom is -0.354 e. The van der Waals surface area contributed by atoms with Crippen molar-refractivity contribution in [1.82, 2.24) is 5.32 Å². The molecule has 100 valence electrons. The Morgan fingerprint density at radius 2 is 1.78 bits per heavy atom. The lowest BCUT2D eigenvalue weighted by atomic mass is 10.1. The molecule has 1 aliphatic rings. The van der Waals surface area contributed by atoms with Gasteiger partial charge >= 0.3 is 0 Å². The van der Waals surface area contributed by atoms with E-state index in [0.29, 0.717) is 0 Å². The molecule has 1 saturated carbocycles. The molecule has 0 saturated heterocycles. The van der Waals surface area contributed by atoms with E-state index in [0.717, 1.165) is 12.5 Å². The van der Waals surface area contributed by atoms with E-state index >= 15 is 0 Å². The largest absolute Gasteiger partial charge is 0.354 e. The maximum absolute atomic E-state index is 5.22. The Morgan fingerprint density at radius 3 is 2.28 bits per heavy atom. The summed E-state index contributed by atoms with van der Waals surface area (Å²) in [4.78, 5) is 0. The fourth-order valence-corrected chi connectivity index (χ4v) is 2.20. The van der Waals surface area contributed by atoms with Crippen LogP contribution in [0.1, 0.15) is 36.8 Å². The van der Waals surface area contributed by atoms with Crippen LogP contribution in [0.4, 0.5) is 0 Å². The number of hydrogen-bond donors (Lipinski definition) is 1. The second-order valence-corrected chi connectivity index (χ2v) is 5.03. The van der Waals surface area contributed by atoms with E-state index in [1.807, 2.05) is 0 Å². The van der Waals surface area contributed by atoms with Crippen LogP contribution in [0.3, 0.4) is 0 Å². The molecule has 1 aliphatic carbocycles. The molecule has 0 radical (unpaired) electrons. The van der Waals surface area contributed by atoms with Gasteiger partial charge in [-0.2, -0.15) is 0 Å². The standard InChI is InChI=1S/C15H23NO2/c1-11(15(17-2)18-3)16-10-12-4-6-13(7-5-12)14-8-9-14/h4-7,11,14-16H,8-10H2,1-3H3. The minimum atomic E-state index is -0.198. The van der Waals surface area contributed by atoms with Crippen LogP contribution in [-0.2, 0) is 16.0 Å². The number of ether oxygens (including phenoxy) is 2. The number of rotatable bonds is 7. The van der Waals surface area contributed by atoms with Gasteiger partial charge in [0.1, 0.15) is 0 Å². The first-order chi connectivity index (χ1) is 8.74. The number of benzene rings is 1. The van der Waals surface area contributed by atoms with Gasteiger partial charge in [-0.05, 0) is 36.8 Å². The molecule has 1 N–H and O–H groups in total. The lowest BCUT2D eigenvalue weighted by Crippen LogP contribution is -2.39. The highest BCUT2D eigenvalue weighted by Gasteiger charge is 2.23. The Hall–Kier alpha value is -0.900. The molecule has 3 nitrogen and oxygen atoms in total. The molecule has 2 rings (SSSR count). The van der Waals surface area contributed by atoms with Crippen LogP contribution in [0.25, 0.3) is 0 Å². The van der Waals surface area contributed by atoms with Gasteiger partial charge in [-0.25, -0.2) is 0 Å². The van der Waals surface area contributed by atoms with Crippen molar-refractivity contribution in [1.29, 1.82) is 0 Å². The monoisotopic (exact) mass is 249 g/mol. The van der Waals surface area contributed by atoms with Crippen molar-refractivity contribution in [3.63, 3.8) is 0 Å². The number of hydrogen-bond acceptors (Lipinski definition) is 3. The predicted molar refractivity (Wildman–Crippen MR) is 72.5 cm³/mol. The van der Waals surface area contributed by atoms with Gasteiger partial charge in [0.25, 0.3) is 0 Å². The Morgan fingerprint density at radius 1 is 1.17 bits per heavy atom. The molecule has 0 amide bonds. The summed E-state index contributed by atoms with van der Waals surface area (Å²) >= 11 is 0. The fraction of sp³-hybridized carbons (Fsp3) is 0.600. The Labute approximate surface area is 109 Å². The van der Waals surface area contributed by atoms with Crippen LogP contribution in [0.5, 0.6) is 0 Å². The molecule has 1 unspecified atom stereocenters. The summed E-state index contributed by atoms with van der Waals surface area (Å²) in [5, 5.41) is 3.42. The van der Waals surface area contributed by atoms with Crippen molar-refractivity contribution in [2.24, 2.45) is 0 Å². The quantitative estimate of drug-likeness (QED) is 0.754. The summed E-state index contributed by atoms with van der Waals surface area (Å²) in [5.74, 6) is 0.831. The van der Waals surface area contributed by atoms with Crippen LogP contribution < -0.4 is 5.32 Å². The molecule has 0 aromatic heterocycles. The zero-order valence-electron chi connectivity index (χ0n) is 11.5. The molecule has 0 spiro atoms. The highest BCUT2D eigenvalue weighted by molar-refractivity contribution is 5.27. The summed E-state index contributed by atoms with van der Waals surface area (Å²) in [6.07, 6.45) is 2.52. The van der Waals surface area contributed by atoms with Gasteiger partial charge in [0, 0.05) is 20.8 Å². The SMILES string of the molecule is COC(OC)C(C)NCc1ccc(C2CC2)cc1. The molecule has 1 fully saturated rings. The Kier molecular flexibility index (Phi) is 4.75. The first kappa shape index (κ1) is 13.5. The van der Waals surface area contributed by atoms with Crippen LogP contribution in [-0.4, -0.2) is 26.6 Å². The molecular formula is C15H23NO2. The van der Waals surface area contributed by atoms with Gasteiger partial charge < -0.3 is 14.8 Å². The Bertz CT molecular complexity index is 355. The molecule has 1 aromatic carbocycles. The summed E-state index contributed by atoms with van der Waals surface area (Å²) in [5.41, 5.74) is 2.79. The lowest BCUT2D eigenvalue weighted by Gasteiger charge is -2.22. The second kappa shape index (κ2) is 6.32. The van der Waals surface area contributed by atoms with E-state index in [1.165, 1.54) is 24.0 Å². The van der Waals surface area contributed by atoms with Crippen molar-refractivity contribution >= 4 is 0 Å². The third kappa shape index (κ3) is 3.55. The maximum atomic E-state index is 5.22. The molecule has 0 aliphatic heterocycles. The normalized spacial score (nSPS) is 17.1. The van der Waals surface area contributed by atoms with Gasteiger partial charge in [0.05, 0.1) is 6.04 Å². The van der Waals surface area contributed by atoms with Crippen LogP contribution in [0.2, 0.25) is 0 Å². The van der Waals surface area contributed by atoms with Crippen LogP contribution in [0, 0.1) is 0 Å². The van der Waals surface area contributed by atoms with E-state index in [2.05, 4.69) is 36.5 Å². The highest BCUT2D eigenvalue weighted by Crippen LogP contribution is 2.39. The van der Waals surface area contributed by atoms with Gasteiger partial charge in [0.15, 0.2) is 6.29 Å². The van der Waals surface area contributed by atoms with Gasteiger partial charge in [0.2, 0.25) is 0 Å². The van der Waals surface area contributed by atoms with Crippen LogP contribution >= 0.6 is 0 Å². The summed E-state index contributed by atoms with van der Waals surface area (Å²) in [6.45, 7) is 2.91. The average molecular weight is 249 g/mol. The summed E-state index contributed by atoms with van der Waals surface area (Å²) < 4.78 is 10.4. The maximum Gasteiger partial charge on any atom is 0.171 e. The third-order valence-electron chi connectivity index (χ3n) is 3.53. The molecule has 0 heterocycles. The molecule has 1 atom stereocenters. The Balaban J connectivity index is 1.81.